The van der Waals surface area contributed by atoms with Gasteiger partial charge in [0, 0.05) is 17.2 Å². The second kappa shape index (κ2) is 18.4. The number of thioether (sulfide) groups is 1. The Morgan fingerprint density at radius 2 is 1.60 bits per heavy atom. The van der Waals surface area contributed by atoms with Gasteiger partial charge in [0.2, 0.25) is 0 Å². The van der Waals surface area contributed by atoms with Crippen molar-refractivity contribution in [2.24, 2.45) is 5.16 Å². The first-order valence-corrected chi connectivity index (χ1v) is 21.1. The number of benzene rings is 4. The van der Waals surface area contributed by atoms with E-state index in [1.807, 2.05) is 60.7 Å². The van der Waals surface area contributed by atoms with Gasteiger partial charge in [-0.25, -0.2) is 9.78 Å². The second-order valence-corrected chi connectivity index (χ2v) is 15.8. The number of oxime groups is 1. The minimum atomic E-state index is -1.02. The van der Waals surface area contributed by atoms with Crippen LogP contribution in [0.15, 0.2) is 154 Å². The van der Waals surface area contributed by atoms with Crippen molar-refractivity contribution >= 4 is 57.8 Å². The molecule has 4 aromatic carbocycles. The zero-order chi connectivity index (χ0) is 43.1. The molecule has 6 aromatic rings. The lowest BCUT2D eigenvalue weighted by atomic mass is 9.77. The first kappa shape index (κ1) is 41.3. The molecule has 0 unspecified atom stereocenters. The summed E-state index contributed by atoms with van der Waals surface area (Å²) in [7, 11) is 2.88. The van der Waals surface area contributed by atoms with Crippen molar-refractivity contribution in [1.29, 1.82) is 5.26 Å². The zero-order valence-corrected chi connectivity index (χ0v) is 34.9. The first-order chi connectivity index (χ1) is 30.3. The number of nitrogens with one attached hydrogen (secondary N) is 2. The van der Waals surface area contributed by atoms with E-state index < -0.39 is 34.7 Å². The number of methoxy groups -OCH3 is 1. The van der Waals surface area contributed by atoms with E-state index in [0.717, 1.165) is 16.7 Å². The van der Waals surface area contributed by atoms with Crippen LogP contribution in [0.2, 0.25) is 0 Å². The molecular weight excluding hydrogens is 827 g/mol. The third-order valence-electron chi connectivity index (χ3n) is 10.2. The Kier molecular flexibility index (Phi) is 12.3. The number of rotatable bonds is 15. The van der Waals surface area contributed by atoms with Crippen LogP contribution in [0.1, 0.15) is 39.4 Å². The van der Waals surface area contributed by atoms with Crippen molar-refractivity contribution in [3.05, 3.63) is 183 Å². The van der Waals surface area contributed by atoms with Gasteiger partial charge in [0.1, 0.15) is 53.9 Å². The number of thiazole rings is 1. The summed E-state index contributed by atoms with van der Waals surface area (Å²) < 4.78 is 16.2. The maximum absolute atomic E-state index is 14.1. The molecular formula is C46H37N7O7S2. The summed E-state index contributed by atoms with van der Waals surface area (Å²) in [5, 5.41) is 25.0. The summed E-state index contributed by atoms with van der Waals surface area (Å²) in [6, 6.07) is 39.5. The number of fused-ring (bicyclic) bond motifs is 1. The topological polar surface area (TPSA) is 181 Å². The number of anilines is 1. The Balaban J connectivity index is 1.04. The van der Waals surface area contributed by atoms with Gasteiger partial charge < -0.3 is 29.5 Å². The van der Waals surface area contributed by atoms with E-state index in [9.17, 15) is 14.4 Å². The Morgan fingerprint density at radius 1 is 0.952 bits per heavy atom. The fourth-order valence-electron chi connectivity index (χ4n) is 7.19. The highest BCUT2D eigenvalue weighted by Gasteiger charge is 2.54. The lowest BCUT2D eigenvalue weighted by Gasteiger charge is -2.49. The third-order valence-corrected chi connectivity index (χ3v) is 12.2. The molecule has 2 aromatic heterocycles. The van der Waals surface area contributed by atoms with Crippen LogP contribution in [-0.2, 0) is 36.1 Å². The molecule has 0 aliphatic carbocycles. The lowest BCUT2D eigenvalue weighted by Crippen LogP contribution is -2.71. The molecule has 2 aliphatic rings. The number of amides is 2. The second-order valence-electron chi connectivity index (χ2n) is 13.9. The van der Waals surface area contributed by atoms with Crippen LogP contribution in [-0.4, -0.2) is 69.9 Å². The van der Waals surface area contributed by atoms with E-state index in [0.29, 0.717) is 22.0 Å². The van der Waals surface area contributed by atoms with Crippen LogP contribution in [0.25, 0.3) is 6.08 Å². The molecule has 14 nitrogen and oxygen atoms in total. The summed E-state index contributed by atoms with van der Waals surface area (Å²) in [5.74, 6) is -0.755. The van der Waals surface area contributed by atoms with Crippen molar-refractivity contribution in [3.8, 4) is 11.8 Å². The number of nitriles is 1. The summed E-state index contributed by atoms with van der Waals surface area (Å²) >= 11 is 2.64. The van der Waals surface area contributed by atoms with Gasteiger partial charge in [-0.3, -0.25) is 14.5 Å². The minimum Gasteiger partial charge on any atom is -0.497 e. The van der Waals surface area contributed by atoms with Gasteiger partial charge in [-0.15, -0.1) is 23.1 Å². The summed E-state index contributed by atoms with van der Waals surface area (Å²) in [4.78, 5) is 53.2. The molecule has 0 spiro atoms. The normalized spacial score (nSPS) is 16.2. The first-order valence-electron chi connectivity index (χ1n) is 19.2. The molecule has 310 valence electrons. The number of carbonyl (C=O) groups is 3. The highest BCUT2D eigenvalue weighted by atomic mass is 32.2. The standard InChI is InChI=1S/C46H37N7O7S2/c1-57-35-21-18-29(19-22-35)26-59-44(56)40-30(20-23-36-24-34(25-47)51-60-36)27-61-43-39(42(55)53(40)43)49-41(54)38(52-58-2)37-28-62-45(48-37)50-46(31-12-6-3-7-13-31,32-14-8-4-9-15-32)33-16-10-5-11-17-33/h3-24,28,39,43H,26-27H2,1-2H3,(H,48,50)(H,49,54)/b23-20-,52-38-/t39-,43-/m1/s1. The number of hydrogen-bond acceptors (Lipinski definition) is 14. The average molecular weight is 864 g/mol. The Hall–Kier alpha value is -7.48. The smallest absolute Gasteiger partial charge is 0.355 e. The van der Waals surface area contributed by atoms with E-state index in [2.05, 4.69) is 57.3 Å². The Labute approximate surface area is 364 Å². The number of ether oxygens (including phenoxy) is 2. The van der Waals surface area contributed by atoms with E-state index in [-0.39, 0.29) is 40.9 Å². The van der Waals surface area contributed by atoms with Crippen LogP contribution in [0.4, 0.5) is 5.13 Å². The Morgan fingerprint density at radius 3 is 2.18 bits per heavy atom. The summed E-state index contributed by atoms with van der Waals surface area (Å²) in [5.41, 5.74) is 3.42. The van der Waals surface area contributed by atoms with Crippen molar-refractivity contribution in [2.75, 3.05) is 25.3 Å². The van der Waals surface area contributed by atoms with E-state index >= 15 is 0 Å². The zero-order valence-electron chi connectivity index (χ0n) is 33.3. The molecule has 1 saturated heterocycles. The molecule has 2 aliphatic heterocycles. The van der Waals surface area contributed by atoms with Gasteiger partial charge in [-0.2, -0.15) is 5.26 Å². The van der Waals surface area contributed by atoms with Crippen molar-refractivity contribution in [1.82, 2.24) is 20.4 Å². The van der Waals surface area contributed by atoms with Crippen LogP contribution in [0.5, 0.6) is 5.75 Å². The van der Waals surface area contributed by atoms with Crippen LogP contribution in [0, 0.1) is 11.3 Å². The molecule has 62 heavy (non-hydrogen) atoms. The van der Waals surface area contributed by atoms with Gasteiger partial charge in [-0.1, -0.05) is 120 Å². The quantitative estimate of drug-likeness (QED) is 0.0360. The predicted molar refractivity (Wildman–Crippen MR) is 234 cm³/mol. The van der Waals surface area contributed by atoms with Crippen molar-refractivity contribution in [3.63, 3.8) is 0 Å². The molecule has 0 radical (unpaired) electrons. The van der Waals surface area contributed by atoms with Crippen molar-refractivity contribution in [2.45, 2.75) is 23.6 Å². The maximum atomic E-state index is 14.1. The van der Waals surface area contributed by atoms with Crippen LogP contribution >= 0.6 is 23.1 Å². The monoisotopic (exact) mass is 863 g/mol. The van der Waals surface area contributed by atoms with E-state index in [1.54, 1.807) is 48.9 Å². The SMILES string of the molecule is CO/N=C(\C(=O)N[C@@H]1C(=O)N2C(C(=O)OCc3ccc(OC)cc3)=C(/C=C\c3cc(C#N)no3)CS[C@H]12)c1csc(NC(c2ccccc2)(c2ccccc2)c2ccccc2)n1. The minimum absolute atomic E-state index is 0.0220. The lowest BCUT2D eigenvalue weighted by molar-refractivity contribution is -0.153. The summed E-state index contributed by atoms with van der Waals surface area (Å²) in [6.45, 7) is -0.0680. The molecule has 2 N–H and O–H groups in total. The largest absolute Gasteiger partial charge is 0.497 e. The molecule has 4 heterocycles. The third kappa shape index (κ3) is 8.31. The number of aromatic nitrogens is 2. The highest BCUT2D eigenvalue weighted by molar-refractivity contribution is 8.00. The predicted octanol–water partition coefficient (Wildman–Crippen LogP) is 6.88. The van der Waals surface area contributed by atoms with Gasteiger partial charge in [0.25, 0.3) is 11.8 Å². The van der Waals surface area contributed by atoms with Crippen LogP contribution in [0.3, 0.4) is 0 Å². The average Bonchev–Trinajstić information content (AvgIpc) is 4.00. The van der Waals surface area contributed by atoms with Gasteiger partial charge >= 0.3 is 5.97 Å². The molecule has 2 atom stereocenters. The molecule has 0 saturated carbocycles. The molecule has 1 fully saturated rings. The fourth-order valence-corrected chi connectivity index (χ4v) is 9.26. The highest BCUT2D eigenvalue weighted by Crippen LogP contribution is 2.43. The molecule has 2 amide bonds. The molecule has 8 rings (SSSR count). The van der Waals surface area contributed by atoms with Gasteiger partial charge in [0.15, 0.2) is 22.3 Å². The fraction of sp³-hybridized carbons (Fsp3) is 0.152. The molecule has 16 heteroatoms. The van der Waals surface area contributed by atoms with Crippen molar-refractivity contribution < 1.29 is 33.2 Å². The maximum Gasteiger partial charge on any atom is 0.355 e. The summed E-state index contributed by atoms with van der Waals surface area (Å²) in [6.07, 6.45) is 3.17. The number of esters is 1. The van der Waals surface area contributed by atoms with Gasteiger partial charge in [-0.05, 0) is 46.0 Å². The van der Waals surface area contributed by atoms with E-state index in [1.165, 1.54) is 41.2 Å². The van der Waals surface area contributed by atoms with Crippen LogP contribution < -0.4 is 15.4 Å². The number of hydrogen-bond donors (Lipinski definition) is 2. The Bertz CT molecular complexity index is 2620. The number of β-lactam (4-membered cyclic amide) rings is 1. The number of allylic oxidation sites excluding steroid dienone is 1. The van der Waals surface area contributed by atoms with Gasteiger partial charge in [0.05, 0.1) is 7.11 Å². The molecule has 0 bridgehead atoms. The number of nitrogens with zero attached hydrogens (tertiary/aromatic N) is 5. The number of carbonyl (C=O) groups excluding carboxylic acids is 3. The van der Waals surface area contributed by atoms with E-state index in [4.69, 9.17) is 29.1 Å².